The number of aromatic nitrogens is 2. The molecule has 1 unspecified atom stereocenters. The maximum atomic E-state index is 12.7. The van der Waals surface area contributed by atoms with Crippen LogP contribution < -0.4 is 5.73 Å². The normalized spacial score (nSPS) is 20.9. The monoisotopic (exact) mass is 352 g/mol. The standard InChI is InChI=1S/C17H19F3N4O/c1-16(10-21)6-8-23(11-16)15(25)12-3-2-4-13(9-12)24-7-5-14(22-24)17(18,19)20/h2-5,7,9H,6,8,10-11,21H2,1H3. The number of halogens is 3. The summed E-state index contributed by atoms with van der Waals surface area (Å²) in [4.78, 5) is 14.4. The first-order valence-corrected chi connectivity index (χ1v) is 7.94. The Morgan fingerprint density at radius 2 is 2.12 bits per heavy atom. The molecule has 5 nitrogen and oxygen atoms in total. The van der Waals surface area contributed by atoms with Crippen molar-refractivity contribution < 1.29 is 18.0 Å². The second-order valence-corrected chi connectivity index (χ2v) is 6.69. The first-order valence-electron chi connectivity index (χ1n) is 7.94. The Balaban J connectivity index is 1.82. The van der Waals surface area contributed by atoms with Crippen molar-refractivity contribution in [2.24, 2.45) is 11.1 Å². The van der Waals surface area contributed by atoms with Crippen LogP contribution in [0.25, 0.3) is 5.69 Å². The van der Waals surface area contributed by atoms with E-state index in [1.165, 1.54) is 6.20 Å². The molecule has 8 heteroatoms. The fraction of sp³-hybridized carbons (Fsp3) is 0.412. The van der Waals surface area contributed by atoms with Crippen LogP contribution in [0.1, 0.15) is 29.4 Å². The molecular weight excluding hydrogens is 333 g/mol. The molecule has 0 aliphatic carbocycles. The van der Waals surface area contributed by atoms with Gasteiger partial charge in [0.1, 0.15) is 0 Å². The molecule has 0 spiro atoms. The van der Waals surface area contributed by atoms with Crippen LogP contribution in [0.15, 0.2) is 36.5 Å². The molecule has 1 amide bonds. The molecule has 0 bridgehead atoms. The number of carbonyl (C=O) groups excluding carboxylic acids is 1. The molecule has 1 fully saturated rings. The average molecular weight is 352 g/mol. The van der Waals surface area contributed by atoms with E-state index < -0.39 is 11.9 Å². The van der Waals surface area contributed by atoms with Crippen molar-refractivity contribution in [3.8, 4) is 5.69 Å². The van der Waals surface area contributed by atoms with Gasteiger partial charge in [-0.3, -0.25) is 4.79 Å². The van der Waals surface area contributed by atoms with Crippen LogP contribution in [-0.4, -0.2) is 40.2 Å². The highest BCUT2D eigenvalue weighted by atomic mass is 19.4. The number of hydrogen-bond donors (Lipinski definition) is 1. The lowest BCUT2D eigenvalue weighted by molar-refractivity contribution is -0.141. The summed E-state index contributed by atoms with van der Waals surface area (Å²) >= 11 is 0. The highest BCUT2D eigenvalue weighted by molar-refractivity contribution is 5.95. The molecule has 25 heavy (non-hydrogen) atoms. The van der Waals surface area contributed by atoms with Gasteiger partial charge in [0.25, 0.3) is 5.91 Å². The van der Waals surface area contributed by atoms with Gasteiger partial charge < -0.3 is 10.6 Å². The van der Waals surface area contributed by atoms with Gasteiger partial charge in [-0.1, -0.05) is 13.0 Å². The number of rotatable bonds is 3. The number of nitrogens with zero attached hydrogens (tertiary/aromatic N) is 3. The minimum absolute atomic E-state index is 0.0864. The van der Waals surface area contributed by atoms with Crippen molar-refractivity contribution in [2.45, 2.75) is 19.5 Å². The predicted octanol–water partition coefficient (Wildman–Crippen LogP) is 2.70. The summed E-state index contributed by atoms with van der Waals surface area (Å²) in [7, 11) is 0. The summed E-state index contributed by atoms with van der Waals surface area (Å²) in [5, 5.41) is 3.54. The summed E-state index contributed by atoms with van der Waals surface area (Å²) < 4.78 is 39.2. The van der Waals surface area contributed by atoms with Crippen molar-refractivity contribution in [1.82, 2.24) is 14.7 Å². The Labute approximate surface area is 143 Å². The smallest absolute Gasteiger partial charge is 0.338 e. The van der Waals surface area contributed by atoms with E-state index in [4.69, 9.17) is 5.73 Å². The number of benzene rings is 1. The third-order valence-electron chi connectivity index (χ3n) is 4.58. The third kappa shape index (κ3) is 3.53. The van der Waals surface area contributed by atoms with Gasteiger partial charge in [-0.15, -0.1) is 0 Å². The number of amides is 1. The lowest BCUT2D eigenvalue weighted by Crippen LogP contribution is -2.34. The van der Waals surface area contributed by atoms with Gasteiger partial charge in [0.2, 0.25) is 0 Å². The molecule has 134 valence electrons. The predicted molar refractivity (Wildman–Crippen MR) is 86.2 cm³/mol. The number of carbonyl (C=O) groups is 1. The van der Waals surface area contributed by atoms with E-state index >= 15 is 0 Å². The van der Waals surface area contributed by atoms with E-state index in [2.05, 4.69) is 5.10 Å². The van der Waals surface area contributed by atoms with Gasteiger partial charge in [-0.2, -0.15) is 18.3 Å². The minimum Gasteiger partial charge on any atom is -0.338 e. The summed E-state index contributed by atoms with van der Waals surface area (Å²) in [5.74, 6) is -0.151. The molecule has 1 atom stereocenters. The summed E-state index contributed by atoms with van der Waals surface area (Å²) in [6.45, 7) is 3.74. The van der Waals surface area contributed by atoms with Crippen LogP contribution in [0.2, 0.25) is 0 Å². The van der Waals surface area contributed by atoms with E-state index in [1.807, 2.05) is 6.92 Å². The summed E-state index contributed by atoms with van der Waals surface area (Å²) in [6, 6.07) is 7.35. The highest BCUT2D eigenvalue weighted by Gasteiger charge is 2.35. The van der Waals surface area contributed by atoms with Crippen molar-refractivity contribution in [2.75, 3.05) is 19.6 Å². The summed E-state index contributed by atoms with van der Waals surface area (Å²) in [5.41, 5.74) is 5.53. The van der Waals surface area contributed by atoms with Crippen LogP contribution in [0.3, 0.4) is 0 Å². The van der Waals surface area contributed by atoms with E-state index in [9.17, 15) is 18.0 Å². The maximum absolute atomic E-state index is 12.7. The van der Waals surface area contributed by atoms with E-state index in [0.29, 0.717) is 30.9 Å². The van der Waals surface area contributed by atoms with Crippen LogP contribution in [-0.2, 0) is 6.18 Å². The molecule has 1 aromatic carbocycles. The highest BCUT2D eigenvalue weighted by Crippen LogP contribution is 2.30. The summed E-state index contributed by atoms with van der Waals surface area (Å²) in [6.07, 6.45) is -2.43. The Hall–Kier alpha value is -2.35. The van der Waals surface area contributed by atoms with E-state index in [0.717, 1.165) is 17.2 Å². The van der Waals surface area contributed by atoms with E-state index in [1.54, 1.807) is 29.2 Å². The van der Waals surface area contributed by atoms with Crippen molar-refractivity contribution in [1.29, 1.82) is 0 Å². The van der Waals surface area contributed by atoms with Crippen LogP contribution in [0.5, 0.6) is 0 Å². The van der Waals surface area contributed by atoms with Crippen molar-refractivity contribution in [3.63, 3.8) is 0 Å². The molecule has 2 heterocycles. The van der Waals surface area contributed by atoms with Gasteiger partial charge in [-0.25, -0.2) is 4.68 Å². The fourth-order valence-corrected chi connectivity index (χ4v) is 2.95. The van der Waals surface area contributed by atoms with Crippen molar-refractivity contribution in [3.05, 3.63) is 47.8 Å². The van der Waals surface area contributed by atoms with Gasteiger partial charge in [0, 0.05) is 24.8 Å². The quantitative estimate of drug-likeness (QED) is 0.924. The zero-order valence-electron chi connectivity index (χ0n) is 13.8. The molecule has 2 aromatic rings. The number of nitrogens with two attached hydrogens (primary N) is 1. The van der Waals surface area contributed by atoms with Gasteiger partial charge in [-0.05, 0) is 42.6 Å². The van der Waals surface area contributed by atoms with Crippen LogP contribution in [0, 0.1) is 5.41 Å². The fourth-order valence-electron chi connectivity index (χ4n) is 2.95. The zero-order valence-corrected chi connectivity index (χ0v) is 13.8. The van der Waals surface area contributed by atoms with Crippen LogP contribution >= 0.6 is 0 Å². The Kier molecular flexibility index (Phi) is 4.32. The molecule has 1 aliphatic heterocycles. The Bertz CT molecular complexity index is 786. The molecule has 2 N–H and O–H groups in total. The van der Waals surface area contributed by atoms with Gasteiger partial charge in [0.05, 0.1) is 5.69 Å². The molecular formula is C17H19F3N4O. The Morgan fingerprint density at radius 3 is 2.72 bits per heavy atom. The molecule has 1 aromatic heterocycles. The Morgan fingerprint density at radius 1 is 1.36 bits per heavy atom. The number of likely N-dealkylation sites (tertiary alicyclic amines) is 1. The second-order valence-electron chi connectivity index (χ2n) is 6.69. The van der Waals surface area contributed by atoms with E-state index in [-0.39, 0.29) is 11.3 Å². The molecule has 3 rings (SSSR count). The topological polar surface area (TPSA) is 64.2 Å². The lowest BCUT2D eigenvalue weighted by Gasteiger charge is -2.22. The zero-order chi connectivity index (χ0) is 18.2. The first-order chi connectivity index (χ1) is 11.7. The first kappa shape index (κ1) is 17.5. The molecule has 1 aliphatic rings. The molecule has 0 radical (unpaired) electrons. The maximum Gasteiger partial charge on any atom is 0.435 e. The SMILES string of the molecule is CC1(CN)CCN(C(=O)c2cccc(-n3ccc(C(F)(F)F)n3)c2)C1. The van der Waals surface area contributed by atoms with Crippen molar-refractivity contribution >= 4 is 5.91 Å². The van der Waals surface area contributed by atoms with Gasteiger partial charge in [0.15, 0.2) is 5.69 Å². The largest absolute Gasteiger partial charge is 0.435 e. The number of alkyl halides is 3. The second kappa shape index (κ2) is 6.18. The molecule has 1 saturated heterocycles. The molecule has 0 saturated carbocycles. The number of hydrogen-bond acceptors (Lipinski definition) is 3. The average Bonchev–Trinajstić information content (AvgIpc) is 3.22. The third-order valence-corrected chi connectivity index (χ3v) is 4.58. The minimum atomic E-state index is -4.50. The van der Waals surface area contributed by atoms with Gasteiger partial charge >= 0.3 is 6.18 Å². The van der Waals surface area contributed by atoms with Crippen LogP contribution in [0.4, 0.5) is 13.2 Å². The lowest BCUT2D eigenvalue weighted by atomic mass is 9.90.